The molecule has 3 nitrogen and oxygen atoms in total. The van der Waals surface area contributed by atoms with E-state index >= 15 is 0 Å². The summed E-state index contributed by atoms with van der Waals surface area (Å²) in [6.07, 6.45) is 1.81. The first-order valence-electron chi connectivity index (χ1n) is 4.25. The number of hydrogen-bond acceptors (Lipinski definition) is 5. The van der Waals surface area contributed by atoms with Crippen LogP contribution >= 0.6 is 39.2 Å². The fraction of sp³-hybridized carbons (Fsp3) is 0.222. The van der Waals surface area contributed by atoms with Crippen molar-refractivity contribution in [2.45, 2.75) is 23.2 Å². The zero-order valence-corrected chi connectivity index (χ0v) is 11.4. The number of hydrogen-bond donors (Lipinski definition) is 0. The Hall–Kier alpha value is -0.460. The molecule has 15 heavy (non-hydrogen) atoms. The average molecular weight is 302 g/mol. The maximum atomic E-state index is 4.30. The number of halogens is 1. The van der Waals surface area contributed by atoms with Crippen molar-refractivity contribution in [1.29, 1.82) is 0 Å². The molecular weight excluding hydrogens is 294 g/mol. The van der Waals surface area contributed by atoms with Gasteiger partial charge in [-0.05, 0) is 64.7 Å². The van der Waals surface area contributed by atoms with Gasteiger partial charge in [0.1, 0.15) is 10.9 Å². The van der Waals surface area contributed by atoms with E-state index in [9.17, 15) is 0 Å². The minimum atomic E-state index is 0.816. The van der Waals surface area contributed by atoms with Gasteiger partial charge in [-0.2, -0.15) is 4.37 Å². The highest BCUT2D eigenvalue weighted by Crippen LogP contribution is 2.29. The molecule has 0 unspecified atom stereocenters. The number of aromatic nitrogens is 3. The molecule has 0 aliphatic carbocycles. The molecule has 0 spiro atoms. The number of rotatable bonds is 2. The largest absolute Gasteiger partial charge is 0.248 e. The van der Waals surface area contributed by atoms with Gasteiger partial charge in [0.25, 0.3) is 0 Å². The second kappa shape index (κ2) is 4.59. The predicted octanol–water partition coefficient (Wildman–Crippen LogP) is 3.46. The molecule has 0 saturated carbocycles. The Morgan fingerprint density at radius 3 is 2.80 bits per heavy atom. The molecule has 0 aliphatic rings. The van der Waals surface area contributed by atoms with Crippen molar-refractivity contribution in [2.75, 3.05) is 0 Å². The van der Waals surface area contributed by atoms with E-state index in [0.29, 0.717) is 0 Å². The van der Waals surface area contributed by atoms with E-state index in [4.69, 9.17) is 0 Å². The van der Waals surface area contributed by atoms with Crippen molar-refractivity contribution >= 4 is 39.2 Å². The zero-order chi connectivity index (χ0) is 10.8. The SMILES string of the molecule is Cc1nsc(Sc2cc(C)c(Br)cn2)n1. The Labute approximate surface area is 105 Å². The molecule has 0 aromatic carbocycles. The first-order valence-corrected chi connectivity index (χ1v) is 6.64. The Kier molecular flexibility index (Phi) is 3.38. The summed E-state index contributed by atoms with van der Waals surface area (Å²) in [4.78, 5) is 8.58. The molecule has 2 aromatic rings. The van der Waals surface area contributed by atoms with Gasteiger partial charge in [0, 0.05) is 10.7 Å². The number of pyridine rings is 1. The molecule has 6 heteroatoms. The summed E-state index contributed by atoms with van der Waals surface area (Å²) in [5, 5.41) is 0.951. The Bertz CT molecular complexity index is 484. The molecule has 0 fully saturated rings. The van der Waals surface area contributed by atoms with Gasteiger partial charge in [0.15, 0.2) is 4.34 Å². The highest BCUT2D eigenvalue weighted by atomic mass is 79.9. The normalized spacial score (nSPS) is 10.6. The Morgan fingerprint density at radius 2 is 2.20 bits per heavy atom. The first kappa shape index (κ1) is 11.0. The summed E-state index contributed by atoms with van der Waals surface area (Å²) in [5.74, 6) is 0.816. The molecule has 2 aromatic heterocycles. The van der Waals surface area contributed by atoms with E-state index < -0.39 is 0 Å². The minimum absolute atomic E-state index is 0.816. The van der Waals surface area contributed by atoms with E-state index in [0.717, 1.165) is 19.7 Å². The van der Waals surface area contributed by atoms with E-state index in [-0.39, 0.29) is 0 Å². The van der Waals surface area contributed by atoms with Crippen LogP contribution in [-0.2, 0) is 0 Å². The quantitative estimate of drug-likeness (QED) is 0.851. The second-order valence-electron chi connectivity index (χ2n) is 2.98. The molecule has 2 rings (SSSR count). The van der Waals surface area contributed by atoms with Crippen LogP contribution in [0.25, 0.3) is 0 Å². The summed E-state index contributed by atoms with van der Waals surface area (Å²) in [7, 11) is 0. The van der Waals surface area contributed by atoms with Gasteiger partial charge in [-0.15, -0.1) is 0 Å². The molecule has 0 bridgehead atoms. The zero-order valence-electron chi connectivity index (χ0n) is 8.19. The summed E-state index contributed by atoms with van der Waals surface area (Å²) < 4.78 is 6.09. The molecule has 2 heterocycles. The molecule has 0 saturated heterocycles. The highest BCUT2D eigenvalue weighted by Gasteiger charge is 2.05. The smallest absolute Gasteiger partial charge is 0.176 e. The first-order chi connectivity index (χ1) is 7.15. The lowest BCUT2D eigenvalue weighted by Crippen LogP contribution is -1.83. The fourth-order valence-corrected chi connectivity index (χ4v) is 2.83. The van der Waals surface area contributed by atoms with E-state index in [1.807, 2.05) is 26.1 Å². The summed E-state index contributed by atoms with van der Waals surface area (Å²) >= 11 is 6.37. The third-order valence-corrected chi connectivity index (χ3v) is 4.33. The van der Waals surface area contributed by atoms with E-state index in [1.54, 1.807) is 11.8 Å². The maximum Gasteiger partial charge on any atom is 0.176 e. The second-order valence-corrected chi connectivity index (χ2v) is 5.85. The van der Waals surface area contributed by atoms with Crippen molar-refractivity contribution < 1.29 is 0 Å². The lowest BCUT2D eigenvalue weighted by Gasteiger charge is -1.99. The summed E-state index contributed by atoms with van der Waals surface area (Å²) in [6.45, 7) is 3.93. The van der Waals surface area contributed by atoms with E-state index in [1.165, 1.54) is 17.1 Å². The van der Waals surface area contributed by atoms with Crippen LogP contribution in [-0.4, -0.2) is 14.3 Å². The van der Waals surface area contributed by atoms with Gasteiger partial charge in [-0.3, -0.25) is 0 Å². The van der Waals surface area contributed by atoms with Crippen LogP contribution in [0.3, 0.4) is 0 Å². The van der Waals surface area contributed by atoms with Gasteiger partial charge in [0.2, 0.25) is 0 Å². The van der Waals surface area contributed by atoms with Crippen molar-refractivity contribution in [1.82, 2.24) is 14.3 Å². The molecule has 0 atom stereocenters. The van der Waals surface area contributed by atoms with Crippen molar-refractivity contribution in [3.8, 4) is 0 Å². The Morgan fingerprint density at radius 1 is 1.40 bits per heavy atom. The third-order valence-electron chi connectivity index (χ3n) is 1.72. The van der Waals surface area contributed by atoms with E-state index in [2.05, 4.69) is 30.3 Å². The molecule has 78 valence electrons. The van der Waals surface area contributed by atoms with Crippen LogP contribution in [0.15, 0.2) is 26.1 Å². The van der Waals surface area contributed by atoms with Crippen molar-refractivity contribution in [3.05, 3.63) is 28.1 Å². The van der Waals surface area contributed by atoms with Crippen molar-refractivity contribution in [3.63, 3.8) is 0 Å². The number of aryl methyl sites for hydroxylation is 2. The summed E-state index contributed by atoms with van der Waals surface area (Å²) in [6, 6.07) is 2.03. The van der Waals surface area contributed by atoms with Crippen LogP contribution in [0.2, 0.25) is 0 Å². The topological polar surface area (TPSA) is 38.7 Å². The minimum Gasteiger partial charge on any atom is -0.248 e. The summed E-state index contributed by atoms with van der Waals surface area (Å²) in [5.41, 5.74) is 1.17. The Balaban J connectivity index is 2.21. The van der Waals surface area contributed by atoms with Crippen LogP contribution < -0.4 is 0 Å². The number of nitrogens with zero attached hydrogens (tertiary/aromatic N) is 3. The van der Waals surface area contributed by atoms with Crippen LogP contribution in [0, 0.1) is 13.8 Å². The van der Waals surface area contributed by atoms with Crippen LogP contribution in [0.1, 0.15) is 11.4 Å². The highest BCUT2D eigenvalue weighted by molar-refractivity contribution is 9.10. The predicted molar refractivity (Wildman–Crippen MR) is 65.4 cm³/mol. The van der Waals surface area contributed by atoms with Gasteiger partial charge >= 0.3 is 0 Å². The standard InChI is InChI=1S/C9H8BrN3S2/c1-5-3-8(11-4-7(5)10)14-9-12-6(2)13-15-9/h3-4H,1-2H3. The van der Waals surface area contributed by atoms with Gasteiger partial charge in [-0.1, -0.05) is 0 Å². The molecular formula is C9H8BrN3S2. The van der Waals surface area contributed by atoms with Crippen LogP contribution in [0.5, 0.6) is 0 Å². The molecule has 0 aliphatic heterocycles. The lowest BCUT2D eigenvalue weighted by molar-refractivity contribution is 1.07. The monoisotopic (exact) mass is 301 g/mol. The third kappa shape index (κ3) is 2.76. The average Bonchev–Trinajstić information content (AvgIpc) is 2.58. The lowest BCUT2D eigenvalue weighted by atomic mass is 10.3. The molecule has 0 amide bonds. The molecule has 0 N–H and O–H groups in total. The van der Waals surface area contributed by atoms with Crippen molar-refractivity contribution in [2.24, 2.45) is 0 Å². The van der Waals surface area contributed by atoms with Gasteiger partial charge in [0.05, 0.1) is 0 Å². The molecule has 0 radical (unpaired) electrons. The van der Waals surface area contributed by atoms with Gasteiger partial charge < -0.3 is 0 Å². The fourth-order valence-electron chi connectivity index (χ4n) is 0.978. The van der Waals surface area contributed by atoms with Crippen LogP contribution in [0.4, 0.5) is 0 Å². The maximum absolute atomic E-state index is 4.30. The van der Waals surface area contributed by atoms with Gasteiger partial charge in [-0.25, -0.2) is 9.97 Å².